The molecule has 0 amide bonds. The molecule has 0 unspecified atom stereocenters. The molecule has 5 rings (SSSR count). The number of ether oxygens (including phenoxy) is 2. The van der Waals surface area contributed by atoms with Crippen LogP contribution in [-0.4, -0.2) is 59.0 Å². The second kappa shape index (κ2) is 13.1. The third-order valence-electron chi connectivity index (χ3n) is 7.25. The van der Waals surface area contributed by atoms with Crippen molar-refractivity contribution in [3.63, 3.8) is 0 Å². The van der Waals surface area contributed by atoms with E-state index >= 15 is 0 Å². The zero-order valence-electron chi connectivity index (χ0n) is 23.1. The van der Waals surface area contributed by atoms with Crippen molar-refractivity contribution in [2.75, 3.05) is 27.9 Å². The third kappa shape index (κ3) is 6.14. The van der Waals surface area contributed by atoms with Gasteiger partial charge in [0.2, 0.25) is 11.8 Å². The normalized spacial score (nSPS) is 16.3. The van der Waals surface area contributed by atoms with Gasteiger partial charge in [0.25, 0.3) is 0 Å². The quantitative estimate of drug-likeness (QED) is 0.216. The van der Waals surface area contributed by atoms with Crippen molar-refractivity contribution in [2.45, 2.75) is 32.0 Å². The van der Waals surface area contributed by atoms with Crippen LogP contribution in [0.5, 0.6) is 11.8 Å². The Kier molecular flexibility index (Phi) is 9.32. The fourth-order valence-electron chi connectivity index (χ4n) is 4.96. The highest BCUT2D eigenvalue weighted by atomic mass is 35.5. The molecular formula is C30H32Cl2N6O3. The second-order valence-electron chi connectivity index (χ2n) is 9.88. The van der Waals surface area contributed by atoms with Crippen molar-refractivity contribution in [2.24, 2.45) is 5.92 Å². The molecule has 3 N–H and O–H groups in total. The fourth-order valence-corrected chi connectivity index (χ4v) is 5.61. The van der Waals surface area contributed by atoms with Gasteiger partial charge in [0.15, 0.2) is 0 Å². The highest BCUT2D eigenvalue weighted by Gasteiger charge is 2.28. The van der Waals surface area contributed by atoms with E-state index < -0.39 is 0 Å². The van der Waals surface area contributed by atoms with Crippen LogP contribution >= 0.6 is 23.2 Å². The summed E-state index contributed by atoms with van der Waals surface area (Å²) in [5.41, 5.74) is 5.51. The Morgan fingerprint density at radius 2 is 1.29 bits per heavy atom. The molecule has 0 spiro atoms. The summed E-state index contributed by atoms with van der Waals surface area (Å²) in [6.07, 6.45) is 5.30. The number of aromatic nitrogens is 4. The number of benzene rings is 2. The van der Waals surface area contributed by atoms with E-state index in [1.165, 1.54) is 0 Å². The molecule has 2 aromatic carbocycles. The largest absolute Gasteiger partial charge is 0.480 e. The summed E-state index contributed by atoms with van der Waals surface area (Å²) in [5.74, 6) is 1.25. The molecule has 11 heteroatoms. The summed E-state index contributed by atoms with van der Waals surface area (Å²) in [4.78, 5) is 18.5. The van der Waals surface area contributed by atoms with E-state index in [4.69, 9.17) is 37.7 Å². The average Bonchev–Trinajstić information content (AvgIpc) is 2.97. The minimum absolute atomic E-state index is 0.234. The monoisotopic (exact) mass is 594 g/mol. The van der Waals surface area contributed by atoms with Gasteiger partial charge in [0.1, 0.15) is 11.4 Å². The van der Waals surface area contributed by atoms with Crippen molar-refractivity contribution >= 4 is 23.2 Å². The van der Waals surface area contributed by atoms with E-state index in [1.807, 2.05) is 43.4 Å². The van der Waals surface area contributed by atoms with Gasteiger partial charge in [-0.25, -0.2) is 9.97 Å². The van der Waals surface area contributed by atoms with Gasteiger partial charge in [0.05, 0.1) is 48.0 Å². The molecule has 4 aromatic rings. The summed E-state index contributed by atoms with van der Waals surface area (Å²) in [5, 5.41) is 16.8. The van der Waals surface area contributed by atoms with Gasteiger partial charge in [-0.05, 0) is 25.8 Å². The molecule has 0 saturated heterocycles. The minimum Gasteiger partial charge on any atom is -0.480 e. The van der Waals surface area contributed by atoms with E-state index in [0.29, 0.717) is 80.8 Å². The fraction of sp³-hybridized carbons (Fsp3) is 0.333. The van der Waals surface area contributed by atoms with Crippen LogP contribution in [0.25, 0.3) is 33.6 Å². The Bertz CT molecular complexity index is 1530. The van der Waals surface area contributed by atoms with Crippen molar-refractivity contribution in [1.29, 1.82) is 0 Å². The van der Waals surface area contributed by atoms with Crippen LogP contribution in [0.3, 0.4) is 0 Å². The first-order chi connectivity index (χ1) is 20.0. The zero-order chi connectivity index (χ0) is 28.9. The van der Waals surface area contributed by atoms with Crippen molar-refractivity contribution < 1.29 is 14.6 Å². The van der Waals surface area contributed by atoms with E-state index in [2.05, 4.69) is 25.6 Å². The highest BCUT2D eigenvalue weighted by molar-refractivity contribution is 6.39. The van der Waals surface area contributed by atoms with Gasteiger partial charge in [-0.15, -0.1) is 0 Å². The molecule has 0 bridgehead atoms. The average molecular weight is 596 g/mol. The molecule has 214 valence electrons. The van der Waals surface area contributed by atoms with Crippen LogP contribution in [0.1, 0.15) is 24.2 Å². The van der Waals surface area contributed by atoms with Crippen molar-refractivity contribution in [3.05, 3.63) is 70.2 Å². The smallest absolute Gasteiger partial charge is 0.237 e. The van der Waals surface area contributed by atoms with Gasteiger partial charge >= 0.3 is 0 Å². The van der Waals surface area contributed by atoms with Gasteiger partial charge < -0.3 is 25.2 Å². The Labute approximate surface area is 249 Å². The lowest BCUT2D eigenvalue weighted by Crippen LogP contribution is -2.42. The molecule has 41 heavy (non-hydrogen) atoms. The topological polar surface area (TPSA) is 114 Å². The second-order valence-corrected chi connectivity index (χ2v) is 10.6. The Morgan fingerprint density at radius 3 is 1.76 bits per heavy atom. The first-order valence-electron chi connectivity index (χ1n) is 13.3. The molecule has 1 aliphatic rings. The lowest BCUT2D eigenvalue weighted by atomic mass is 9.81. The molecule has 1 aliphatic carbocycles. The summed E-state index contributed by atoms with van der Waals surface area (Å²) in [6, 6.07) is 11.8. The maximum Gasteiger partial charge on any atom is 0.237 e. The van der Waals surface area contributed by atoms with Crippen LogP contribution in [-0.2, 0) is 13.1 Å². The van der Waals surface area contributed by atoms with E-state index in [-0.39, 0.29) is 6.61 Å². The molecule has 0 aliphatic heterocycles. The van der Waals surface area contributed by atoms with Gasteiger partial charge in [-0.2, -0.15) is 0 Å². The minimum atomic E-state index is 0.234. The van der Waals surface area contributed by atoms with Crippen molar-refractivity contribution in [1.82, 2.24) is 30.6 Å². The number of rotatable bonds is 11. The van der Waals surface area contributed by atoms with E-state index in [1.54, 1.807) is 26.6 Å². The zero-order valence-corrected chi connectivity index (χ0v) is 24.6. The van der Waals surface area contributed by atoms with Gasteiger partial charge in [0, 0.05) is 48.0 Å². The number of methoxy groups -OCH3 is 2. The number of nitrogens with zero attached hydrogens (tertiary/aromatic N) is 4. The highest BCUT2D eigenvalue weighted by Crippen LogP contribution is 2.42. The molecule has 0 atom stereocenters. The van der Waals surface area contributed by atoms with Crippen LogP contribution in [0.15, 0.2) is 48.8 Å². The maximum absolute atomic E-state index is 9.25. The van der Waals surface area contributed by atoms with Crippen LogP contribution < -0.4 is 20.1 Å². The first-order valence-corrected chi connectivity index (χ1v) is 14.1. The molecule has 1 fully saturated rings. The molecule has 2 heterocycles. The lowest BCUT2D eigenvalue weighted by Gasteiger charge is -2.34. The van der Waals surface area contributed by atoms with Gasteiger partial charge in [-0.3, -0.25) is 9.97 Å². The first kappa shape index (κ1) is 29.2. The number of aliphatic hydroxyl groups excluding tert-OH is 1. The van der Waals surface area contributed by atoms with Crippen LogP contribution in [0.2, 0.25) is 10.0 Å². The third-order valence-corrected chi connectivity index (χ3v) is 8.06. The van der Waals surface area contributed by atoms with Crippen LogP contribution in [0.4, 0.5) is 0 Å². The molecule has 9 nitrogen and oxygen atoms in total. The van der Waals surface area contributed by atoms with E-state index in [9.17, 15) is 5.11 Å². The standard InChI is InChI=1S/C30H32Cl2N6O3/c1-33-12-25-29(40-2)37-23(13-35-25)21-8-4-6-19(27(21)31)20-7-5-9-22(28(20)32)24-14-36-26(30(38-24)41-3)15-34-18-10-17(11-18)16-39/h4-9,13-14,17-18,33-34,39H,10-12,15-16H2,1-3H3/t17-,18+. The molecule has 1 saturated carbocycles. The predicted octanol–water partition coefficient (Wildman–Crippen LogP) is 5.17. The number of nitrogens with one attached hydrogen (secondary N) is 2. The van der Waals surface area contributed by atoms with Gasteiger partial charge in [-0.1, -0.05) is 59.6 Å². The number of halogens is 2. The summed E-state index contributed by atoms with van der Waals surface area (Å²) in [7, 11) is 4.98. The Morgan fingerprint density at radius 1 is 0.805 bits per heavy atom. The summed E-state index contributed by atoms with van der Waals surface area (Å²) in [6.45, 7) is 1.29. The Hall–Kier alpha value is -3.34. The summed E-state index contributed by atoms with van der Waals surface area (Å²) >= 11 is 13.9. The summed E-state index contributed by atoms with van der Waals surface area (Å²) < 4.78 is 11.0. The molecule has 2 aromatic heterocycles. The maximum atomic E-state index is 9.25. The molecular weight excluding hydrogens is 563 g/mol. The number of hydrogen-bond acceptors (Lipinski definition) is 9. The van der Waals surface area contributed by atoms with E-state index in [0.717, 1.165) is 24.0 Å². The SMILES string of the molecule is CNCc1ncc(-c2cccc(-c3cccc(-c4cnc(CN[C@H]5C[C@@H](CO)C5)c(OC)n4)c3Cl)c2Cl)nc1OC. The number of aliphatic hydroxyl groups is 1. The van der Waals surface area contributed by atoms with Crippen molar-refractivity contribution in [3.8, 4) is 45.4 Å². The lowest BCUT2D eigenvalue weighted by molar-refractivity contribution is 0.126. The Balaban J connectivity index is 1.44. The predicted molar refractivity (Wildman–Crippen MR) is 160 cm³/mol. The van der Waals surface area contributed by atoms with Crippen LogP contribution in [0, 0.1) is 5.92 Å². The number of hydrogen-bond donors (Lipinski definition) is 3. The molecule has 0 radical (unpaired) electrons.